The zero-order chi connectivity index (χ0) is 13.6. The fourth-order valence-corrected chi connectivity index (χ4v) is 2.14. The predicted octanol–water partition coefficient (Wildman–Crippen LogP) is 1.79. The second-order valence-electron chi connectivity index (χ2n) is 3.83. The second kappa shape index (κ2) is 4.15. The van der Waals surface area contributed by atoms with Gasteiger partial charge in [-0.2, -0.15) is 0 Å². The van der Waals surface area contributed by atoms with Gasteiger partial charge < -0.3 is 0 Å². The molecule has 6 nitrogen and oxygen atoms in total. The maximum absolute atomic E-state index is 13.3. The summed E-state index contributed by atoms with van der Waals surface area (Å²) in [5.41, 5.74) is 2.17. The highest BCUT2D eigenvalue weighted by molar-refractivity contribution is 6.29. The summed E-state index contributed by atoms with van der Waals surface area (Å²) >= 11 is 5.90. The molecule has 1 amide bonds. The Morgan fingerprint density at radius 3 is 2.89 bits per heavy atom. The van der Waals surface area contributed by atoms with Crippen molar-refractivity contribution in [3.63, 3.8) is 0 Å². The molecule has 0 unspecified atom stereocenters. The van der Waals surface area contributed by atoms with Gasteiger partial charge in [0.1, 0.15) is 5.82 Å². The van der Waals surface area contributed by atoms with Gasteiger partial charge in [0, 0.05) is 0 Å². The molecule has 3 aromatic rings. The number of fused-ring (bicyclic) bond motifs is 3. The predicted molar refractivity (Wildman–Crippen MR) is 64.7 cm³/mol. The molecule has 96 valence electrons. The van der Waals surface area contributed by atoms with Gasteiger partial charge in [-0.3, -0.25) is 14.4 Å². The number of benzene rings is 1. The Bertz CT molecular complexity index is 817. The molecule has 0 bridgehead atoms. The summed E-state index contributed by atoms with van der Waals surface area (Å²) in [7, 11) is 0. The Hall–Kier alpha value is -2.25. The molecular formula is C11H6ClFN4O2. The number of hydroxylamine groups is 1. The lowest BCUT2D eigenvalue weighted by Crippen LogP contribution is -2.19. The van der Waals surface area contributed by atoms with E-state index < -0.39 is 11.7 Å². The molecule has 0 spiro atoms. The molecule has 0 atom stereocenters. The first-order valence-electron chi connectivity index (χ1n) is 5.19. The maximum atomic E-state index is 13.3. The van der Waals surface area contributed by atoms with Crippen molar-refractivity contribution in [1.29, 1.82) is 0 Å². The highest BCUT2D eigenvalue weighted by atomic mass is 35.5. The molecule has 0 aliphatic carbocycles. The maximum Gasteiger partial charge on any atom is 0.278 e. The first-order valence-corrected chi connectivity index (χ1v) is 5.57. The van der Waals surface area contributed by atoms with Crippen molar-refractivity contribution >= 4 is 34.1 Å². The minimum Gasteiger partial charge on any atom is -0.288 e. The molecule has 8 heteroatoms. The number of pyridine rings is 1. The standard InChI is InChI=1S/C11H6ClFN4O2/c12-11-15-14-9-7(10(18)16-19)3-5-1-2-6(13)4-8(5)17(9)11/h1-4,19H,(H,16,18). The summed E-state index contributed by atoms with van der Waals surface area (Å²) in [5.74, 6) is -1.20. The Labute approximate surface area is 110 Å². The molecule has 1 aromatic carbocycles. The first kappa shape index (κ1) is 11.8. The van der Waals surface area contributed by atoms with Gasteiger partial charge in [0.25, 0.3) is 5.91 Å². The average Bonchev–Trinajstić information content (AvgIpc) is 2.80. The number of nitrogens with zero attached hydrogens (tertiary/aromatic N) is 3. The van der Waals surface area contributed by atoms with Crippen LogP contribution in [0.3, 0.4) is 0 Å². The number of hydrogen-bond acceptors (Lipinski definition) is 4. The second-order valence-corrected chi connectivity index (χ2v) is 4.17. The van der Waals surface area contributed by atoms with Crippen molar-refractivity contribution < 1.29 is 14.4 Å². The monoisotopic (exact) mass is 280 g/mol. The Kier molecular flexibility index (Phi) is 2.58. The fourth-order valence-electron chi connectivity index (χ4n) is 1.93. The van der Waals surface area contributed by atoms with Gasteiger partial charge in [0.05, 0.1) is 11.1 Å². The van der Waals surface area contributed by atoms with Gasteiger partial charge in [-0.25, -0.2) is 9.87 Å². The third-order valence-electron chi connectivity index (χ3n) is 2.74. The number of halogens is 2. The number of hydrogen-bond donors (Lipinski definition) is 2. The lowest BCUT2D eigenvalue weighted by atomic mass is 10.1. The molecule has 0 saturated heterocycles. The van der Waals surface area contributed by atoms with Gasteiger partial charge in [0.15, 0.2) is 5.65 Å². The fraction of sp³-hybridized carbons (Fsp3) is 0. The van der Waals surface area contributed by atoms with Gasteiger partial charge >= 0.3 is 0 Å². The number of aromatic nitrogens is 3. The summed E-state index contributed by atoms with van der Waals surface area (Å²) < 4.78 is 14.6. The Morgan fingerprint density at radius 1 is 1.37 bits per heavy atom. The van der Waals surface area contributed by atoms with Crippen LogP contribution in [0.1, 0.15) is 10.4 Å². The van der Waals surface area contributed by atoms with E-state index >= 15 is 0 Å². The zero-order valence-corrected chi connectivity index (χ0v) is 10.0. The van der Waals surface area contributed by atoms with E-state index in [1.165, 1.54) is 34.1 Å². The van der Waals surface area contributed by atoms with Crippen LogP contribution in [0.15, 0.2) is 24.3 Å². The van der Waals surface area contributed by atoms with Crippen LogP contribution in [0.5, 0.6) is 0 Å². The first-order chi connectivity index (χ1) is 9.11. The number of nitrogens with one attached hydrogen (secondary N) is 1. The van der Waals surface area contributed by atoms with Gasteiger partial charge in [-0.1, -0.05) is 0 Å². The number of rotatable bonds is 1. The highest BCUT2D eigenvalue weighted by Gasteiger charge is 2.17. The summed E-state index contributed by atoms with van der Waals surface area (Å²) in [6, 6.07) is 5.49. The van der Waals surface area contributed by atoms with Crippen molar-refractivity contribution in [2.75, 3.05) is 0 Å². The topological polar surface area (TPSA) is 79.5 Å². The van der Waals surface area contributed by atoms with E-state index in [1.54, 1.807) is 0 Å². The molecule has 0 radical (unpaired) electrons. The molecule has 0 saturated carbocycles. The molecular weight excluding hydrogens is 275 g/mol. The minimum atomic E-state index is -0.750. The summed E-state index contributed by atoms with van der Waals surface area (Å²) in [4.78, 5) is 11.6. The van der Waals surface area contributed by atoms with Crippen LogP contribution < -0.4 is 5.48 Å². The van der Waals surface area contributed by atoms with Crippen LogP contribution in [0, 0.1) is 5.82 Å². The van der Waals surface area contributed by atoms with E-state index in [0.717, 1.165) is 0 Å². The third-order valence-corrected chi connectivity index (χ3v) is 2.99. The molecule has 0 aliphatic rings. The number of carbonyl (C=O) groups excluding carboxylic acids is 1. The van der Waals surface area contributed by atoms with Crippen molar-refractivity contribution in [2.45, 2.75) is 0 Å². The zero-order valence-electron chi connectivity index (χ0n) is 9.26. The van der Waals surface area contributed by atoms with E-state index in [4.69, 9.17) is 16.8 Å². The van der Waals surface area contributed by atoms with Crippen LogP contribution in [0.25, 0.3) is 16.6 Å². The third kappa shape index (κ3) is 1.71. The molecule has 0 fully saturated rings. The molecule has 19 heavy (non-hydrogen) atoms. The number of carbonyl (C=O) groups is 1. The van der Waals surface area contributed by atoms with E-state index in [2.05, 4.69) is 10.2 Å². The summed E-state index contributed by atoms with van der Waals surface area (Å²) in [5, 5.41) is 16.7. The minimum absolute atomic E-state index is 0.00168. The van der Waals surface area contributed by atoms with Gasteiger partial charge in [-0.15, -0.1) is 10.2 Å². The Balaban J connectivity index is 2.52. The van der Waals surface area contributed by atoms with Crippen LogP contribution in [-0.2, 0) is 0 Å². The molecule has 2 heterocycles. The van der Waals surface area contributed by atoms with E-state index in [-0.39, 0.29) is 16.5 Å². The van der Waals surface area contributed by atoms with E-state index in [0.29, 0.717) is 10.9 Å². The van der Waals surface area contributed by atoms with Crippen molar-refractivity contribution in [3.8, 4) is 0 Å². The van der Waals surface area contributed by atoms with Crippen LogP contribution in [-0.4, -0.2) is 25.7 Å². The van der Waals surface area contributed by atoms with Crippen LogP contribution >= 0.6 is 11.6 Å². The number of amides is 1. The SMILES string of the molecule is O=C(NO)c1cc2ccc(F)cc2n2c(Cl)nnc12. The molecule has 2 N–H and O–H groups in total. The van der Waals surface area contributed by atoms with Crippen molar-refractivity contribution in [2.24, 2.45) is 0 Å². The quantitative estimate of drug-likeness (QED) is 0.526. The van der Waals surface area contributed by atoms with Crippen molar-refractivity contribution in [3.05, 3.63) is 40.9 Å². The van der Waals surface area contributed by atoms with Crippen LogP contribution in [0.2, 0.25) is 5.28 Å². The Morgan fingerprint density at radius 2 is 2.16 bits per heavy atom. The lowest BCUT2D eigenvalue weighted by molar-refractivity contribution is 0.0708. The van der Waals surface area contributed by atoms with E-state index in [9.17, 15) is 9.18 Å². The van der Waals surface area contributed by atoms with E-state index in [1.807, 2.05) is 0 Å². The molecule has 3 rings (SSSR count). The van der Waals surface area contributed by atoms with Crippen LogP contribution in [0.4, 0.5) is 4.39 Å². The van der Waals surface area contributed by atoms with Gasteiger partial charge in [0.2, 0.25) is 5.28 Å². The normalized spacial score (nSPS) is 11.1. The molecule has 0 aliphatic heterocycles. The summed E-state index contributed by atoms with van der Waals surface area (Å²) in [6.45, 7) is 0. The molecule has 2 aromatic heterocycles. The van der Waals surface area contributed by atoms with Gasteiger partial charge in [-0.05, 0) is 41.3 Å². The average molecular weight is 281 g/mol. The highest BCUT2D eigenvalue weighted by Crippen LogP contribution is 2.24. The summed E-state index contributed by atoms with van der Waals surface area (Å²) in [6.07, 6.45) is 0. The van der Waals surface area contributed by atoms with Crippen molar-refractivity contribution in [1.82, 2.24) is 20.1 Å². The lowest BCUT2D eigenvalue weighted by Gasteiger charge is -2.06. The smallest absolute Gasteiger partial charge is 0.278 e. The largest absolute Gasteiger partial charge is 0.288 e.